The van der Waals surface area contributed by atoms with Crippen LogP contribution in [0.3, 0.4) is 0 Å². The predicted molar refractivity (Wildman–Crippen MR) is 61.6 cm³/mol. The molecule has 0 amide bonds. The Kier molecular flexibility index (Phi) is 6.12. The molecule has 1 fully saturated rings. The zero-order valence-corrected chi connectivity index (χ0v) is 10.1. The maximum atomic E-state index is 9.30. The van der Waals surface area contributed by atoms with Gasteiger partial charge in [-0.3, -0.25) is 5.10 Å². The van der Waals surface area contributed by atoms with E-state index in [1.807, 2.05) is 6.92 Å². The smallest absolute Gasteiger partial charge is 0.167 e. The zero-order valence-electron chi connectivity index (χ0n) is 8.43. The second-order valence-electron chi connectivity index (χ2n) is 3.34. The number of aromatic amines is 1. The fourth-order valence-electron chi connectivity index (χ4n) is 1.54. The number of hydrogen-bond acceptors (Lipinski definition) is 4. The summed E-state index contributed by atoms with van der Waals surface area (Å²) in [7, 11) is 0. The topological polar surface area (TPSA) is 73.8 Å². The highest BCUT2D eigenvalue weighted by atomic mass is 35.5. The molecule has 0 aromatic carbocycles. The Morgan fingerprint density at radius 2 is 2.20 bits per heavy atom. The summed E-state index contributed by atoms with van der Waals surface area (Å²) < 4.78 is 0. The first-order chi connectivity index (χ1) is 6.29. The van der Waals surface area contributed by atoms with E-state index >= 15 is 0 Å². The van der Waals surface area contributed by atoms with Crippen molar-refractivity contribution in [2.24, 2.45) is 0 Å². The molecule has 2 heterocycles. The molecule has 1 saturated heterocycles. The van der Waals surface area contributed by atoms with Gasteiger partial charge in [-0.15, -0.1) is 24.8 Å². The highest BCUT2D eigenvalue weighted by Gasteiger charge is 2.26. The third-order valence-corrected chi connectivity index (χ3v) is 2.30. The lowest BCUT2D eigenvalue weighted by Gasteiger charge is -2.02. The number of nitrogens with one attached hydrogen (secondary N) is 2. The van der Waals surface area contributed by atoms with Crippen LogP contribution in [0.5, 0.6) is 0 Å². The molecular formula is C8H16Cl2N4O. The lowest BCUT2D eigenvalue weighted by atomic mass is 10.2. The van der Waals surface area contributed by atoms with Crippen LogP contribution in [-0.4, -0.2) is 32.9 Å². The molecule has 5 nitrogen and oxygen atoms in total. The van der Waals surface area contributed by atoms with E-state index in [0.29, 0.717) is 13.0 Å². The molecule has 2 atom stereocenters. The van der Waals surface area contributed by atoms with E-state index in [1.54, 1.807) is 0 Å². The van der Waals surface area contributed by atoms with Crippen molar-refractivity contribution >= 4 is 24.8 Å². The average molecular weight is 255 g/mol. The number of β-amino-alcohol motifs (C(OH)–C–C–N with tert-alkyl or cyclic N) is 1. The van der Waals surface area contributed by atoms with Crippen LogP contribution >= 0.6 is 24.8 Å². The fraction of sp³-hybridized carbons (Fsp3) is 0.750. The lowest BCUT2D eigenvalue weighted by Crippen LogP contribution is -2.15. The maximum Gasteiger partial charge on any atom is 0.167 e. The van der Waals surface area contributed by atoms with E-state index < -0.39 is 0 Å². The van der Waals surface area contributed by atoms with E-state index in [0.717, 1.165) is 18.1 Å². The van der Waals surface area contributed by atoms with Crippen LogP contribution in [0.1, 0.15) is 31.0 Å². The van der Waals surface area contributed by atoms with Gasteiger partial charge in [0, 0.05) is 13.0 Å². The molecule has 0 radical (unpaired) electrons. The SMILES string of the molecule is CCc1nc(C2CC(O)CN2)n[nH]1.Cl.Cl. The van der Waals surface area contributed by atoms with Crippen molar-refractivity contribution in [2.45, 2.75) is 31.9 Å². The van der Waals surface area contributed by atoms with Crippen LogP contribution in [0.25, 0.3) is 0 Å². The molecule has 1 aliphatic heterocycles. The van der Waals surface area contributed by atoms with Gasteiger partial charge >= 0.3 is 0 Å². The number of hydrogen-bond donors (Lipinski definition) is 3. The number of aliphatic hydroxyl groups is 1. The second kappa shape index (κ2) is 6.27. The normalized spacial score (nSPS) is 24.4. The summed E-state index contributed by atoms with van der Waals surface area (Å²) in [6, 6.07) is 0.117. The van der Waals surface area contributed by atoms with Crippen molar-refractivity contribution in [1.29, 1.82) is 0 Å². The molecule has 15 heavy (non-hydrogen) atoms. The first-order valence-electron chi connectivity index (χ1n) is 4.62. The van der Waals surface area contributed by atoms with Gasteiger partial charge in [0.25, 0.3) is 0 Å². The van der Waals surface area contributed by atoms with Gasteiger partial charge in [0.15, 0.2) is 5.82 Å². The number of aliphatic hydroxyl groups excluding tert-OH is 1. The quantitative estimate of drug-likeness (QED) is 0.723. The molecule has 7 heteroatoms. The van der Waals surface area contributed by atoms with Crippen molar-refractivity contribution in [2.75, 3.05) is 6.54 Å². The van der Waals surface area contributed by atoms with Crippen LogP contribution < -0.4 is 5.32 Å². The summed E-state index contributed by atoms with van der Waals surface area (Å²) in [6.45, 7) is 2.67. The molecule has 2 unspecified atom stereocenters. The van der Waals surface area contributed by atoms with Gasteiger partial charge in [-0.2, -0.15) is 5.10 Å². The molecule has 88 valence electrons. The molecule has 2 rings (SSSR count). The van der Waals surface area contributed by atoms with Gasteiger partial charge in [0.1, 0.15) is 5.82 Å². The number of rotatable bonds is 2. The Balaban J connectivity index is 0.000000980. The van der Waals surface area contributed by atoms with Crippen molar-refractivity contribution in [3.05, 3.63) is 11.6 Å². The van der Waals surface area contributed by atoms with Gasteiger partial charge in [0.05, 0.1) is 12.1 Å². The maximum absolute atomic E-state index is 9.30. The standard InChI is InChI=1S/C8H14N4O.2ClH/c1-2-7-10-8(12-11-7)6-3-5(13)4-9-6;;/h5-6,9,13H,2-4H2,1H3,(H,10,11,12);2*1H. The summed E-state index contributed by atoms with van der Waals surface area (Å²) >= 11 is 0. The average Bonchev–Trinajstić information content (AvgIpc) is 2.71. The predicted octanol–water partition coefficient (Wildman–Crippen LogP) is 0.606. The van der Waals surface area contributed by atoms with Gasteiger partial charge in [0.2, 0.25) is 0 Å². The molecular weight excluding hydrogens is 239 g/mol. The van der Waals surface area contributed by atoms with Crippen LogP contribution in [-0.2, 0) is 6.42 Å². The Hall–Kier alpha value is -0.360. The third kappa shape index (κ3) is 3.31. The molecule has 0 spiro atoms. The summed E-state index contributed by atoms with van der Waals surface area (Å²) in [5, 5.41) is 19.4. The summed E-state index contributed by atoms with van der Waals surface area (Å²) in [5.74, 6) is 1.67. The second-order valence-corrected chi connectivity index (χ2v) is 3.34. The Morgan fingerprint density at radius 1 is 1.47 bits per heavy atom. The van der Waals surface area contributed by atoms with Crippen LogP contribution in [0.4, 0.5) is 0 Å². The van der Waals surface area contributed by atoms with Gasteiger partial charge in [-0.25, -0.2) is 4.98 Å². The Morgan fingerprint density at radius 3 is 2.67 bits per heavy atom. The fourth-order valence-corrected chi connectivity index (χ4v) is 1.54. The van der Waals surface area contributed by atoms with Crippen molar-refractivity contribution < 1.29 is 5.11 Å². The zero-order chi connectivity index (χ0) is 9.26. The molecule has 1 aliphatic rings. The van der Waals surface area contributed by atoms with Gasteiger partial charge < -0.3 is 10.4 Å². The summed E-state index contributed by atoms with van der Waals surface area (Å²) in [5.41, 5.74) is 0. The molecule has 0 saturated carbocycles. The van der Waals surface area contributed by atoms with Crippen LogP contribution in [0, 0.1) is 0 Å². The summed E-state index contributed by atoms with van der Waals surface area (Å²) in [6.07, 6.45) is 1.32. The highest BCUT2D eigenvalue weighted by Crippen LogP contribution is 2.19. The van der Waals surface area contributed by atoms with E-state index in [2.05, 4.69) is 20.5 Å². The molecule has 0 aliphatic carbocycles. The number of nitrogens with zero attached hydrogens (tertiary/aromatic N) is 2. The molecule has 3 N–H and O–H groups in total. The molecule has 1 aromatic rings. The first-order valence-corrected chi connectivity index (χ1v) is 4.62. The summed E-state index contributed by atoms with van der Waals surface area (Å²) in [4.78, 5) is 4.30. The number of aromatic nitrogens is 3. The minimum absolute atomic E-state index is 0. The minimum Gasteiger partial charge on any atom is -0.392 e. The van der Waals surface area contributed by atoms with E-state index in [-0.39, 0.29) is 37.0 Å². The molecule has 1 aromatic heterocycles. The van der Waals surface area contributed by atoms with Crippen LogP contribution in [0.2, 0.25) is 0 Å². The van der Waals surface area contributed by atoms with Crippen LogP contribution in [0.15, 0.2) is 0 Å². The number of halogens is 2. The third-order valence-electron chi connectivity index (χ3n) is 2.30. The Bertz CT molecular complexity index is 294. The van der Waals surface area contributed by atoms with Gasteiger partial charge in [-0.05, 0) is 6.42 Å². The lowest BCUT2D eigenvalue weighted by molar-refractivity contribution is 0.193. The highest BCUT2D eigenvalue weighted by molar-refractivity contribution is 5.85. The van der Waals surface area contributed by atoms with E-state index in [4.69, 9.17) is 0 Å². The number of aryl methyl sites for hydroxylation is 1. The Labute approximate surface area is 101 Å². The number of H-pyrrole nitrogens is 1. The van der Waals surface area contributed by atoms with Crippen molar-refractivity contribution in [3.63, 3.8) is 0 Å². The van der Waals surface area contributed by atoms with E-state index in [1.165, 1.54) is 0 Å². The molecule has 0 bridgehead atoms. The minimum atomic E-state index is -0.256. The monoisotopic (exact) mass is 254 g/mol. The first kappa shape index (κ1) is 14.6. The van der Waals surface area contributed by atoms with Crippen molar-refractivity contribution in [1.82, 2.24) is 20.5 Å². The largest absolute Gasteiger partial charge is 0.392 e. The van der Waals surface area contributed by atoms with E-state index in [9.17, 15) is 5.11 Å². The van der Waals surface area contributed by atoms with Crippen molar-refractivity contribution in [3.8, 4) is 0 Å². The van der Waals surface area contributed by atoms with Gasteiger partial charge in [-0.1, -0.05) is 6.92 Å².